The first-order chi connectivity index (χ1) is 9.91. The molecule has 118 valence electrons. The van der Waals surface area contributed by atoms with E-state index in [2.05, 4.69) is 13.2 Å². The molecule has 0 bridgehead atoms. The van der Waals surface area contributed by atoms with Gasteiger partial charge in [0.25, 0.3) is 0 Å². The summed E-state index contributed by atoms with van der Waals surface area (Å²) >= 11 is 0. The number of unbranched alkanes of at least 4 members (excludes halogenated alkanes) is 9. The van der Waals surface area contributed by atoms with Crippen molar-refractivity contribution in [2.75, 3.05) is 26.4 Å². The molecule has 0 aliphatic rings. The van der Waals surface area contributed by atoms with Gasteiger partial charge in [0.1, 0.15) is 0 Å². The molecule has 0 spiro atoms. The van der Waals surface area contributed by atoms with Gasteiger partial charge in [-0.1, -0.05) is 63.5 Å². The van der Waals surface area contributed by atoms with Gasteiger partial charge in [0, 0.05) is 13.2 Å². The zero-order valence-electron chi connectivity index (χ0n) is 13.3. The van der Waals surface area contributed by atoms with Crippen LogP contribution in [0.2, 0.25) is 0 Å². The minimum atomic E-state index is 0.693. The van der Waals surface area contributed by atoms with Crippen LogP contribution in [0.3, 0.4) is 0 Å². The Bertz CT molecular complexity index is 180. The van der Waals surface area contributed by atoms with E-state index in [0.29, 0.717) is 13.2 Å². The Morgan fingerprint density at radius 2 is 0.800 bits per heavy atom. The van der Waals surface area contributed by atoms with E-state index >= 15 is 0 Å². The zero-order chi connectivity index (χ0) is 14.7. The van der Waals surface area contributed by atoms with Crippen LogP contribution in [0.25, 0.3) is 0 Å². The summed E-state index contributed by atoms with van der Waals surface area (Å²) in [5.74, 6) is 0. The van der Waals surface area contributed by atoms with Crippen LogP contribution in [0, 0.1) is 0 Å². The molecule has 0 unspecified atom stereocenters. The van der Waals surface area contributed by atoms with Gasteiger partial charge in [0.2, 0.25) is 0 Å². The maximum Gasteiger partial charge on any atom is 0.0644 e. The molecule has 0 aromatic rings. The van der Waals surface area contributed by atoms with Crippen LogP contribution < -0.4 is 0 Å². The zero-order valence-corrected chi connectivity index (χ0v) is 13.3. The normalized spacial score (nSPS) is 10.6. The molecule has 2 heteroatoms. The molecule has 0 heterocycles. The van der Waals surface area contributed by atoms with Gasteiger partial charge >= 0.3 is 0 Å². The third-order valence-electron chi connectivity index (χ3n) is 3.30. The summed E-state index contributed by atoms with van der Waals surface area (Å²) in [6.07, 6.45) is 16.9. The second-order valence-corrected chi connectivity index (χ2v) is 5.26. The van der Waals surface area contributed by atoms with Gasteiger partial charge in [-0.05, 0) is 12.8 Å². The minimum Gasteiger partial charge on any atom is -0.377 e. The fourth-order valence-electron chi connectivity index (χ4n) is 2.16. The average molecular weight is 282 g/mol. The first-order valence-corrected chi connectivity index (χ1v) is 8.29. The van der Waals surface area contributed by atoms with Crippen LogP contribution in [0.15, 0.2) is 25.3 Å². The first kappa shape index (κ1) is 19.4. The lowest BCUT2D eigenvalue weighted by molar-refractivity contribution is 0.157. The highest BCUT2D eigenvalue weighted by Gasteiger charge is 1.93. The highest BCUT2D eigenvalue weighted by atomic mass is 16.5. The van der Waals surface area contributed by atoms with Crippen LogP contribution in [-0.4, -0.2) is 26.4 Å². The van der Waals surface area contributed by atoms with Crippen LogP contribution in [0.4, 0.5) is 0 Å². The molecule has 0 N–H and O–H groups in total. The summed E-state index contributed by atoms with van der Waals surface area (Å²) in [6.45, 7) is 10.4. The molecule has 0 atom stereocenters. The van der Waals surface area contributed by atoms with Crippen molar-refractivity contribution in [2.24, 2.45) is 0 Å². The lowest BCUT2D eigenvalue weighted by Gasteiger charge is -2.03. The van der Waals surface area contributed by atoms with Gasteiger partial charge in [-0.2, -0.15) is 0 Å². The van der Waals surface area contributed by atoms with E-state index in [4.69, 9.17) is 9.47 Å². The molecule has 0 aliphatic heterocycles. The smallest absolute Gasteiger partial charge is 0.0644 e. The van der Waals surface area contributed by atoms with Crippen molar-refractivity contribution in [2.45, 2.75) is 64.2 Å². The lowest BCUT2D eigenvalue weighted by atomic mass is 10.1. The predicted molar refractivity (Wildman–Crippen MR) is 88.2 cm³/mol. The molecular formula is C18H34O2. The molecule has 0 fully saturated rings. The van der Waals surface area contributed by atoms with Gasteiger partial charge in [-0.25, -0.2) is 0 Å². The fraction of sp³-hybridized carbons (Fsp3) is 0.778. The van der Waals surface area contributed by atoms with Crippen molar-refractivity contribution in [1.29, 1.82) is 0 Å². The third kappa shape index (κ3) is 17.4. The summed E-state index contributed by atoms with van der Waals surface area (Å²) in [6, 6.07) is 0. The largest absolute Gasteiger partial charge is 0.377 e. The quantitative estimate of drug-likeness (QED) is 0.266. The molecule has 0 aliphatic carbocycles. The van der Waals surface area contributed by atoms with Gasteiger partial charge in [0.05, 0.1) is 13.2 Å². The van der Waals surface area contributed by atoms with Crippen LogP contribution >= 0.6 is 0 Å². The van der Waals surface area contributed by atoms with E-state index in [1.807, 2.05) is 12.2 Å². The fourth-order valence-corrected chi connectivity index (χ4v) is 2.16. The van der Waals surface area contributed by atoms with Crippen molar-refractivity contribution in [3.05, 3.63) is 25.3 Å². The average Bonchev–Trinajstić information content (AvgIpc) is 2.47. The molecule has 0 amide bonds. The van der Waals surface area contributed by atoms with Crippen molar-refractivity contribution in [3.8, 4) is 0 Å². The van der Waals surface area contributed by atoms with Gasteiger partial charge in [-0.3, -0.25) is 0 Å². The van der Waals surface area contributed by atoms with E-state index in [-0.39, 0.29) is 0 Å². The van der Waals surface area contributed by atoms with Crippen LogP contribution in [0.1, 0.15) is 64.2 Å². The Labute approximate surface area is 126 Å². The maximum absolute atomic E-state index is 5.36. The molecule has 20 heavy (non-hydrogen) atoms. The monoisotopic (exact) mass is 282 g/mol. The topological polar surface area (TPSA) is 18.5 Å². The van der Waals surface area contributed by atoms with Crippen molar-refractivity contribution in [1.82, 2.24) is 0 Å². The molecular weight excluding hydrogens is 248 g/mol. The molecule has 0 rings (SSSR count). The summed E-state index contributed by atoms with van der Waals surface area (Å²) in [7, 11) is 0. The van der Waals surface area contributed by atoms with Crippen molar-refractivity contribution >= 4 is 0 Å². The maximum atomic E-state index is 5.36. The van der Waals surface area contributed by atoms with E-state index in [1.165, 1.54) is 64.2 Å². The van der Waals surface area contributed by atoms with Crippen molar-refractivity contribution in [3.63, 3.8) is 0 Å². The number of hydrogen-bond donors (Lipinski definition) is 0. The van der Waals surface area contributed by atoms with Gasteiger partial charge < -0.3 is 9.47 Å². The summed E-state index contributed by atoms with van der Waals surface area (Å²) in [5.41, 5.74) is 0. The predicted octanol–water partition coefficient (Wildman–Crippen LogP) is 5.29. The van der Waals surface area contributed by atoms with Gasteiger partial charge in [0.15, 0.2) is 0 Å². The van der Waals surface area contributed by atoms with Crippen LogP contribution in [0.5, 0.6) is 0 Å². The molecule has 2 nitrogen and oxygen atoms in total. The van der Waals surface area contributed by atoms with E-state index in [0.717, 1.165) is 13.2 Å². The Morgan fingerprint density at radius 1 is 0.500 bits per heavy atom. The summed E-state index contributed by atoms with van der Waals surface area (Å²) in [5, 5.41) is 0. The molecule has 0 saturated heterocycles. The minimum absolute atomic E-state index is 0.693. The standard InChI is InChI=1S/C18H34O2/c1-3-15-19-17-13-11-9-7-5-6-8-10-12-14-18-20-16-4-2/h3-4H,1-2,5-18H2. The summed E-state index contributed by atoms with van der Waals surface area (Å²) < 4.78 is 10.7. The molecule has 0 aromatic carbocycles. The highest BCUT2D eigenvalue weighted by Crippen LogP contribution is 2.10. The third-order valence-corrected chi connectivity index (χ3v) is 3.30. The molecule has 0 saturated carbocycles. The van der Waals surface area contributed by atoms with Crippen molar-refractivity contribution < 1.29 is 9.47 Å². The number of rotatable bonds is 17. The highest BCUT2D eigenvalue weighted by molar-refractivity contribution is 4.64. The Kier molecular flexibility index (Phi) is 17.8. The first-order valence-electron chi connectivity index (χ1n) is 8.29. The number of ether oxygens (including phenoxy) is 2. The Balaban J connectivity index is 2.92. The SMILES string of the molecule is C=CCOCCCCCCCCCCCCOCC=C. The second-order valence-electron chi connectivity index (χ2n) is 5.26. The summed E-state index contributed by atoms with van der Waals surface area (Å²) in [4.78, 5) is 0. The van der Waals surface area contributed by atoms with Crippen LogP contribution in [-0.2, 0) is 9.47 Å². The Hall–Kier alpha value is -0.600. The van der Waals surface area contributed by atoms with E-state index in [9.17, 15) is 0 Å². The van der Waals surface area contributed by atoms with E-state index in [1.54, 1.807) is 0 Å². The second kappa shape index (κ2) is 18.4. The Morgan fingerprint density at radius 3 is 1.10 bits per heavy atom. The molecule has 0 radical (unpaired) electrons. The lowest BCUT2D eigenvalue weighted by Crippen LogP contribution is -1.94. The van der Waals surface area contributed by atoms with Gasteiger partial charge in [-0.15, -0.1) is 13.2 Å². The molecule has 0 aromatic heterocycles. The number of hydrogen-bond acceptors (Lipinski definition) is 2. The van der Waals surface area contributed by atoms with E-state index < -0.39 is 0 Å².